The highest BCUT2D eigenvalue weighted by Gasteiger charge is 2.41. The van der Waals surface area contributed by atoms with E-state index in [1.165, 1.54) is 10.5 Å². The smallest absolute Gasteiger partial charge is 0.261 e. The molecule has 1 heterocycles. The number of aryl methyl sites for hydroxylation is 3. The molecule has 1 atom stereocenters. The number of benzene rings is 1. The maximum absolute atomic E-state index is 12.7. The van der Waals surface area contributed by atoms with E-state index in [1.807, 2.05) is 32.9 Å². The molecule has 0 radical (unpaired) electrons. The standard InChI is InChI=1S/C18H21NO2/c1-10-5-6-14-15(7-10)18(21)19(17(14)20)16-9-12(3)11(2)8-13(16)4/h8-10H,5-7H2,1-4H3. The predicted octanol–water partition coefficient (Wildman–Crippen LogP) is 3.60. The molecule has 2 aliphatic rings. The molecule has 0 N–H and O–H groups in total. The van der Waals surface area contributed by atoms with Gasteiger partial charge in [-0.25, -0.2) is 4.90 Å². The second kappa shape index (κ2) is 4.83. The van der Waals surface area contributed by atoms with Crippen molar-refractivity contribution in [2.24, 2.45) is 5.92 Å². The molecule has 0 bridgehead atoms. The van der Waals surface area contributed by atoms with E-state index in [-0.39, 0.29) is 11.8 Å². The number of rotatable bonds is 1. The summed E-state index contributed by atoms with van der Waals surface area (Å²) >= 11 is 0. The molecule has 0 spiro atoms. The van der Waals surface area contributed by atoms with Gasteiger partial charge >= 0.3 is 0 Å². The molecule has 3 rings (SSSR count). The molecule has 1 aromatic carbocycles. The van der Waals surface area contributed by atoms with Crippen molar-refractivity contribution in [1.82, 2.24) is 0 Å². The van der Waals surface area contributed by atoms with Gasteiger partial charge in [-0.2, -0.15) is 0 Å². The normalized spacial score (nSPS) is 22.1. The fourth-order valence-electron chi connectivity index (χ4n) is 3.33. The van der Waals surface area contributed by atoms with E-state index in [1.54, 1.807) is 0 Å². The molecular weight excluding hydrogens is 262 g/mol. The van der Waals surface area contributed by atoms with Gasteiger partial charge in [-0.05, 0) is 68.7 Å². The molecule has 21 heavy (non-hydrogen) atoms. The number of nitrogens with zero attached hydrogens (tertiary/aromatic N) is 1. The van der Waals surface area contributed by atoms with Crippen LogP contribution in [0.25, 0.3) is 0 Å². The van der Waals surface area contributed by atoms with Crippen LogP contribution in [0.2, 0.25) is 0 Å². The molecular formula is C18H21NO2. The zero-order valence-corrected chi connectivity index (χ0v) is 13.1. The molecule has 2 amide bonds. The van der Waals surface area contributed by atoms with Crippen molar-refractivity contribution in [3.63, 3.8) is 0 Å². The third kappa shape index (κ3) is 2.11. The Hall–Kier alpha value is -1.90. The van der Waals surface area contributed by atoms with E-state index in [0.29, 0.717) is 5.92 Å². The molecule has 0 saturated heterocycles. The van der Waals surface area contributed by atoms with Gasteiger partial charge in [-0.15, -0.1) is 0 Å². The zero-order valence-electron chi connectivity index (χ0n) is 13.1. The average Bonchev–Trinajstić information content (AvgIpc) is 2.66. The highest BCUT2D eigenvalue weighted by atomic mass is 16.2. The third-order valence-electron chi connectivity index (χ3n) is 4.78. The Balaban J connectivity index is 2.05. The Morgan fingerprint density at radius 3 is 2.29 bits per heavy atom. The molecule has 3 heteroatoms. The number of anilines is 1. The highest BCUT2D eigenvalue weighted by Crippen LogP contribution is 2.39. The van der Waals surface area contributed by atoms with Gasteiger partial charge in [0.1, 0.15) is 0 Å². The van der Waals surface area contributed by atoms with Crippen molar-refractivity contribution in [3.05, 3.63) is 40.0 Å². The maximum atomic E-state index is 12.7. The lowest BCUT2D eigenvalue weighted by Crippen LogP contribution is -2.32. The van der Waals surface area contributed by atoms with E-state index >= 15 is 0 Å². The number of hydrogen-bond donors (Lipinski definition) is 0. The fourth-order valence-corrected chi connectivity index (χ4v) is 3.33. The molecule has 0 fully saturated rings. The minimum Gasteiger partial charge on any atom is -0.269 e. The van der Waals surface area contributed by atoms with Gasteiger partial charge in [0.25, 0.3) is 11.8 Å². The number of carbonyl (C=O) groups excluding carboxylic acids is 2. The molecule has 110 valence electrons. The van der Waals surface area contributed by atoms with E-state index < -0.39 is 0 Å². The zero-order chi connectivity index (χ0) is 15.3. The van der Waals surface area contributed by atoms with Gasteiger partial charge in [0.15, 0.2) is 0 Å². The quantitative estimate of drug-likeness (QED) is 0.738. The SMILES string of the molecule is Cc1cc(C)c(N2C(=O)C3=C(CC(C)CC3)C2=O)cc1C. The summed E-state index contributed by atoms with van der Waals surface area (Å²) in [5, 5.41) is 0. The van der Waals surface area contributed by atoms with Crippen LogP contribution < -0.4 is 4.90 Å². The van der Waals surface area contributed by atoms with Crippen molar-refractivity contribution >= 4 is 17.5 Å². The second-order valence-electron chi connectivity index (χ2n) is 6.47. The van der Waals surface area contributed by atoms with Gasteiger partial charge in [-0.3, -0.25) is 9.59 Å². The molecule has 3 nitrogen and oxygen atoms in total. The van der Waals surface area contributed by atoms with Crippen molar-refractivity contribution in [2.75, 3.05) is 4.90 Å². The van der Waals surface area contributed by atoms with Crippen molar-refractivity contribution in [3.8, 4) is 0 Å². The van der Waals surface area contributed by atoms with E-state index in [2.05, 4.69) is 6.92 Å². The number of hydrogen-bond acceptors (Lipinski definition) is 2. The third-order valence-corrected chi connectivity index (χ3v) is 4.78. The highest BCUT2D eigenvalue weighted by molar-refractivity contribution is 6.33. The fraction of sp³-hybridized carbons (Fsp3) is 0.444. The van der Waals surface area contributed by atoms with Gasteiger partial charge in [0, 0.05) is 11.1 Å². The maximum Gasteiger partial charge on any atom is 0.261 e. The molecule has 1 aromatic rings. The van der Waals surface area contributed by atoms with Gasteiger partial charge in [0.2, 0.25) is 0 Å². The molecule has 1 unspecified atom stereocenters. The summed E-state index contributed by atoms with van der Waals surface area (Å²) in [4.78, 5) is 26.7. The Morgan fingerprint density at radius 1 is 0.952 bits per heavy atom. The van der Waals surface area contributed by atoms with Crippen LogP contribution in [0.3, 0.4) is 0 Å². The molecule has 0 saturated carbocycles. The molecule has 1 aliphatic heterocycles. The lowest BCUT2D eigenvalue weighted by Gasteiger charge is -2.19. The second-order valence-corrected chi connectivity index (χ2v) is 6.47. The Kier molecular flexibility index (Phi) is 3.23. The van der Waals surface area contributed by atoms with Gasteiger partial charge in [0.05, 0.1) is 5.69 Å². The Morgan fingerprint density at radius 2 is 1.57 bits per heavy atom. The van der Waals surface area contributed by atoms with Crippen LogP contribution >= 0.6 is 0 Å². The van der Waals surface area contributed by atoms with Crippen LogP contribution in [0.1, 0.15) is 42.9 Å². The summed E-state index contributed by atoms with van der Waals surface area (Å²) in [6.45, 7) is 8.16. The average molecular weight is 283 g/mol. The summed E-state index contributed by atoms with van der Waals surface area (Å²) in [5.41, 5.74) is 5.51. The minimum absolute atomic E-state index is 0.103. The lowest BCUT2D eigenvalue weighted by atomic mass is 9.86. The van der Waals surface area contributed by atoms with Crippen LogP contribution in [0.5, 0.6) is 0 Å². The Labute approximate surface area is 125 Å². The van der Waals surface area contributed by atoms with E-state index in [4.69, 9.17) is 0 Å². The van der Waals surface area contributed by atoms with Crippen molar-refractivity contribution < 1.29 is 9.59 Å². The van der Waals surface area contributed by atoms with Crippen LogP contribution in [-0.2, 0) is 9.59 Å². The summed E-state index contributed by atoms with van der Waals surface area (Å²) in [5.74, 6) is 0.280. The van der Waals surface area contributed by atoms with Crippen molar-refractivity contribution in [2.45, 2.75) is 47.0 Å². The summed E-state index contributed by atoms with van der Waals surface area (Å²) in [6.07, 6.45) is 2.47. The molecule has 0 aromatic heterocycles. The Bertz CT molecular complexity index is 685. The van der Waals surface area contributed by atoms with Crippen LogP contribution in [0.15, 0.2) is 23.3 Å². The number of carbonyl (C=O) groups is 2. The first kappa shape index (κ1) is 14.1. The largest absolute Gasteiger partial charge is 0.269 e. The topological polar surface area (TPSA) is 37.4 Å². The monoisotopic (exact) mass is 283 g/mol. The predicted molar refractivity (Wildman–Crippen MR) is 83.2 cm³/mol. The lowest BCUT2D eigenvalue weighted by molar-refractivity contribution is -0.120. The number of amides is 2. The van der Waals surface area contributed by atoms with E-state index in [9.17, 15) is 9.59 Å². The van der Waals surface area contributed by atoms with Crippen LogP contribution in [0.4, 0.5) is 5.69 Å². The summed E-state index contributed by atoms with van der Waals surface area (Å²) in [7, 11) is 0. The summed E-state index contributed by atoms with van der Waals surface area (Å²) < 4.78 is 0. The summed E-state index contributed by atoms with van der Waals surface area (Å²) in [6, 6.07) is 4.01. The first-order chi connectivity index (χ1) is 9.90. The van der Waals surface area contributed by atoms with Crippen LogP contribution in [0, 0.1) is 26.7 Å². The van der Waals surface area contributed by atoms with E-state index in [0.717, 1.165) is 47.2 Å². The van der Waals surface area contributed by atoms with Crippen molar-refractivity contribution in [1.29, 1.82) is 0 Å². The molecule has 1 aliphatic carbocycles. The van der Waals surface area contributed by atoms with Crippen LogP contribution in [-0.4, -0.2) is 11.8 Å². The first-order valence-corrected chi connectivity index (χ1v) is 7.58. The van der Waals surface area contributed by atoms with Gasteiger partial charge < -0.3 is 0 Å². The first-order valence-electron chi connectivity index (χ1n) is 7.58. The minimum atomic E-state index is -0.104. The number of imide groups is 1. The van der Waals surface area contributed by atoms with Gasteiger partial charge in [-0.1, -0.05) is 13.0 Å².